The van der Waals surface area contributed by atoms with Crippen LogP contribution in [0.2, 0.25) is 5.02 Å². The van der Waals surface area contributed by atoms with Crippen LogP contribution in [0.4, 0.5) is 8.78 Å². The first-order chi connectivity index (χ1) is 17.9. The number of nitrogens with one attached hydrogen (secondary N) is 3. The van der Waals surface area contributed by atoms with Gasteiger partial charge in [0, 0.05) is 26.9 Å². The van der Waals surface area contributed by atoms with Crippen molar-refractivity contribution in [1.82, 2.24) is 20.5 Å². The summed E-state index contributed by atoms with van der Waals surface area (Å²) >= 11 is 6.17. The van der Waals surface area contributed by atoms with Gasteiger partial charge in [-0.25, -0.2) is 8.78 Å². The summed E-state index contributed by atoms with van der Waals surface area (Å²) in [6, 6.07) is 18.0. The van der Waals surface area contributed by atoms with Gasteiger partial charge in [-0.2, -0.15) is 5.10 Å². The van der Waals surface area contributed by atoms with Gasteiger partial charge >= 0.3 is 0 Å². The standard InChI is InChI=1S/C28H23ClF2N4O2/c1-2-26(36)32-8-9-37-25-13-17(10-16-4-3-5-19(29)11-16)12-22-21(25)15-24(33-22)27-20-7-6-18(28(30)31)14-23(20)34-35-27/h2-7,11-15,28,33H,1,8-10H2,(H,32,36)(H,34,35). The normalized spacial score (nSPS) is 11.4. The molecule has 188 valence electrons. The molecule has 0 aliphatic heterocycles. The average Bonchev–Trinajstić information content (AvgIpc) is 3.50. The maximum absolute atomic E-state index is 13.1. The van der Waals surface area contributed by atoms with Gasteiger partial charge in [0.1, 0.15) is 18.1 Å². The van der Waals surface area contributed by atoms with Crippen molar-refractivity contribution in [3.8, 4) is 17.1 Å². The number of aromatic amines is 2. The topological polar surface area (TPSA) is 82.8 Å². The third kappa shape index (κ3) is 5.34. The van der Waals surface area contributed by atoms with Crippen LogP contribution in [-0.2, 0) is 11.2 Å². The zero-order chi connectivity index (χ0) is 25.9. The number of ether oxygens (including phenoxy) is 1. The van der Waals surface area contributed by atoms with Crippen LogP contribution in [0.3, 0.4) is 0 Å². The molecule has 0 spiro atoms. The Morgan fingerprint density at radius 1 is 1.08 bits per heavy atom. The van der Waals surface area contributed by atoms with Crippen LogP contribution in [0, 0.1) is 0 Å². The quantitative estimate of drug-likeness (QED) is 0.152. The largest absolute Gasteiger partial charge is 0.491 e. The number of carbonyl (C=O) groups excluding carboxylic acids is 1. The fraction of sp³-hybridized carbons (Fsp3) is 0.143. The van der Waals surface area contributed by atoms with E-state index < -0.39 is 6.43 Å². The smallest absolute Gasteiger partial charge is 0.263 e. The Hall–Kier alpha value is -4.17. The summed E-state index contributed by atoms with van der Waals surface area (Å²) in [7, 11) is 0. The predicted molar refractivity (Wildman–Crippen MR) is 141 cm³/mol. The number of alkyl halides is 2. The summed E-state index contributed by atoms with van der Waals surface area (Å²) in [6.07, 6.45) is -0.713. The Kier molecular flexibility index (Phi) is 6.92. The SMILES string of the molecule is C=CC(=O)NCCOc1cc(Cc2cccc(Cl)c2)cc2[nH]c(-c3n[nH]c4cc(C(F)F)ccc34)cc12. The molecular weight excluding hydrogens is 498 g/mol. The molecule has 5 aromatic rings. The minimum atomic E-state index is -2.56. The number of halogens is 3. The number of rotatable bonds is 9. The lowest BCUT2D eigenvalue weighted by atomic mass is 10.0. The summed E-state index contributed by atoms with van der Waals surface area (Å²) in [5, 5.41) is 12.2. The predicted octanol–water partition coefficient (Wildman–Crippen LogP) is 6.57. The maximum atomic E-state index is 13.1. The van der Waals surface area contributed by atoms with Crippen molar-refractivity contribution in [2.24, 2.45) is 0 Å². The number of hydrogen-bond donors (Lipinski definition) is 3. The molecule has 9 heteroatoms. The number of aromatic nitrogens is 3. The second-order valence-corrected chi connectivity index (χ2v) is 9.00. The van der Waals surface area contributed by atoms with Gasteiger partial charge in [-0.1, -0.05) is 42.4 Å². The third-order valence-corrected chi connectivity index (χ3v) is 6.23. The summed E-state index contributed by atoms with van der Waals surface area (Å²) in [5.74, 6) is 0.373. The van der Waals surface area contributed by atoms with Crippen molar-refractivity contribution in [3.63, 3.8) is 0 Å². The number of amides is 1. The molecule has 0 saturated heterocycles. The van der Waals surface area contributed by atoms with E-state index in [1.807, 2.05) is 42.5 Å². The second kappa shape index (κ2) is 10.4. The van der Waals surface area contributed by atoms with E-state index in [9.17, 15) is 13.6 Å². The number of H-pyrrole nitrogens is 2. The molecule has 3 N–H and O–H groups in total. The van der Waals surface area contributed by atoms with Gasteiger partial charge in [0.25, 0.3) is 6.43 Å². The summed E-state index contributed by atoms with van der Waals surface area (Å²) in [4.78, 5) is 14.9. The van der Waals surface area contributed by atoms with Crippen LogP contribution in [0.1, 0.15) is 23.1 Å². The highest BCUT2D eigenvalue weighted by Crippen LogP contribution is 2.35. The lowest BCUT2D eigenvalue weighted by Gasteiger charge is -2.11. The number of nitrogens with zero attached hydrogens (tertiary/aromatic N) is 1. The van der Waals surface area contributed by atoms with Crippen LogP contribution < -0.4 is 10.1 Å². The van der Waals surface area contributed by atoms with E-state index in [0.717, 1.165) is 33.1 Å². The molecule has 0 atom stereocenters. The van der Waals surface area contributed by atoms with Gasteiger partial charge in [0.2, 0.25) is 5.91 Å². The molecule has 2 heterocycles. The van der Waals surface area contributed by atoms with Crippen molar-refractivity contribution in [2.75, 3.05) is 13.2 Å². The lowest BCUT2D eigenvalue weighted by Crippen LogP contribution is -2.26. The molecule has 0 aliphatic carbocycles. The highest BCUT2D eigenvalue weighted by Gasteiger charge is 2.16. The van der Waals surface area contributed by atoms with E-state index in [4.69, 9.17) is 16.3 Å². The molecule has 5 rings (SSSR count). The van der Waals surface area contributed by atoms with E-state index in [0.29, 0.717) is 34.9 Å². The average molecular weight is 521 g/mol. The molecular formula is C28H23ClF2N4O2. The Morgan fingerprint density at radius 2 is 1.95 bits per heavy atom. The molecule has 0 bridgehead atoms. The molecule has 2 aromatic heterocycles. The van der Waals surface area contributed by atoms with Gasteiger partial charge in [-0.15, -0.1) is 0 Å². The van der Waals surface area contributed by atoms with Crippen molar-refractivity contribution in [2.45, 2.75) is 12.8 Å². The van der Waals surface area contributed by atoms with Crippen molar-refractivity contribution >= 4 is 39.3 Å². The lowest BCUT2D eigenvalue weighted by molar-refractivity contribution is -0.116. The number of fused-ring (bicyclic) bond motifs is 2. The Balaban J connectivity index is 1.52. The molecule has 1 amide bonds. The molecule has 0 aliphatic rings. The van der Waals surface area contributed by atoms with Crippen LogP contribution >= 0.6 is 11.6 Å². The van der Waals surface area contributed by atoms with E-state index >= 15 is 0 Å². The van der Waals surface area contributed by atoms with Crippen molar-refractivity contribution < 1.29 is 18.3 Å². The first-order valence-electron chi connectivity index (χ1n) is 11.6. The molecule has 0 fully saturated rings. The van der Waals surface area contributed by atoms with Gasteiger partial charge in [0.05, 0.1) is 17.8 Å². The van der Waals surface area contributed by atoms with Crippen molar-refractivity contribution in [3.05, 3.63) is 95.0 Å². The number of benzene rings is 3. The first kappa shape index (κ1) is 24.5. The van der Waals surface area contributed by atoms with Gasteiger partial charge < -0.3 is 15.0 Å². The fourth-order valence-electron chi connectivity index (χ4n) is 4.28. The molecule has 0 unspecified atom stereocenters. The van der Waals surface area contributed by atoms with Crippen LogP contribution in [0.25, 0.3) is 33.2 Å². The highest BCUT2D eigenvalue weighted by molar-refractivity contribution is 6.30. The molecule has 0 radical (unpaired) electrons. The van der Waals surface area contributed by atoms with Crippen molar-refractivity contribution in [1.29, 1.82) is 0 Å². The highest BCUT2D eigenvalue weighted by atomic mass is 35.5. The summed E-state index contributed by atoms with van der Waals surface area (Å²) in [6.45, 7) is 4.03. The fourth-order valence-corrected chi connectivity index (χ4v) is 4.49. The number of carbonyl (C=O) groups is 1. The zero-order valence-electron chi connectivity index (χ0n) is 19.7. The minimum absolute atomic E-state index is 0.0655. The van der Waals surface area contributed by atoms with E-state index in [2.05, 4.69) is 27.1 Å². The van der Waals surface area contributed by atoms with Gasteiger partial charge in [0.15, 0.2) is 0 Å². The third-order valence-electron chi connectivity index (χ3n) is 6.00. The Bertz CT molecular complexity index is 1610. The van der Waals surface area contributed by atoms with E-state index in [1.54, 1.807) is 6.07 Å². The monoisotopic (exact) mass is 520 g/mol. The second-order valence-electron chi connectivity index (χ2n) is 8.57. The van der Waals surface area contributed by atoms with Crippen LogP contribution in [0.15, 0.2) is 73.3 Å². The molecule has 0 saturated carbocycles. The molecule has 6 nitrogen and oxygen atoms in total. The Morgan fingerprint density at radius 3 is 2.73 bits per heavy atom. The maximum Gasteiger partial charge on any atom is 0.263 e. The van der Waals surface area contributed by atoms with Crippen LogP contribution in [-0.4, -0.2) is 34.2 Å². The van der Waals surface area contributed by atoms with Crippen LogP contribution in [0.5, 0.6) is 5.75 Å². The first-order valence-corrected chi connectivity index (χ1v) is 12.0. The minimum Gasteiger partial charge on any atom is -0.491 e. The van der Waals surface area contributed by atoms with E-state index in [1.165, 1.54) is 18.2 Å². The molecule has 3 aromatic carbocycles. The Labute approximate surface area is 216 Å². The summed E-state index contributed by atoms with van der Waals surface area (Å²) < 4.78 is 32.3. The van der Waals surface area contributed by atoms with Gasteiger partial charge in [-0.3, -0.25) is 9.89 Å². The van der Waals surface area contributed by atoms with E-state index in [-0.39, 0.29) is 18.1 Å². The zero-order valence-corrected chi connectivity index (χ0v) is 20.4. The summed E-state index contributed by atoms with van der Waals surface area (Å²) in [5.41, 5.74) is 4.69. The molecule has 37 heavy (non-hydrogen) atoms. The number of hydrogen-bond acceptors (Lipinski definition) is 3. The van der Waals surface area contributed by atoms with Gasteiger partial charge in [-0.05, 0) is 60.0 Å².